The predicted octanol–water partition coefficient (Wildman–Crippen LogP) is 0.817. The number of aromatic amines is 1. The number of hydrogen-bond donors (Lipinski definition) is 3. The highest BCUT2D eigenvalue weighted by atomic mass is 32.1. The Morgan fingerprint density at radius 3 is 2.88 bits per heavy atom. The molecule has 0 aromatic carbocycles. The molecule has 0 unspecified atom stereocenters. The summed E-state index contributed by atoms with van der Waals surface area (Å²) in [6.07, 6.45) is 1.42. The minimum Gasteiger partial charge on any atom is -0.477 e. The number of amides is 1. The summed E-state index contributed by atoms with van der Waals surface area (Å²) in [5.41, 5.74) is 1.45. The van der Waals surface area contributed by atoms with Crippen LogP contribution in [-0.4, -0.2) is 32.2 Å². The van der Waals surface area contributed by atoms with Crippen LogP contribution >= 0.6 is 11.3 Å². The first-order chi connectivity index (χ1) is 7.66. The highest BCUT2D eigenvalue weighted by molar-refractivity contribution is 7.11. The number of carbonyl (C=O) groups excluding carboxylic acids is 1. The monoisotopic (exact) mass is 238 g/mol. The summed E-state index contributed by atoms with van der Waals surface area (Å²) in [6, 6.07) is 1.24. The molecule has 2 aromatic rings. The Bertz CT molecular complexity index is 519. The third-order valence-electron chi connectivity index (χ3n) is 1.71. The summed E-state index contributed by atoms with van der Waals surface area (Å²) in [5, 5.41) is 17.0. The maximum absolute atomic E-state index is 11.5. The Kier molecular flexibility index (Phi) is 2.64. The molecule has 2 heterocycles. The normalized spacial score (nSPS) is 10.0. The number of nitrogens with zero attached hydrogens (tertiary/aromatic N) is 2. The van der Waals surface area contributed by atoms with Gasteiger partial charge >= 0.3 is 5.97 Å². The van der Waals surface area contributed by atoms with E-state index >= 15 is 0 Å². The van der Waals surface area contributed by atoms with Gasteiger partial charge in [0.05, 0.1) is 11.7 Å². The zero-order valence-electron chi connectivity index (χ0n) is 7.80. The number of nitrogens with one attached hydrogen (secondary N) is 2. The van der Waals surface area contributed by atoms with Crippen molar-refractivity contribution >= 4 is 29.0 Å². The number of aromatic nitrogens is 3. The Morgan fingerprint density at radius 1 is 1.50 bits per heavy atom. The quantitative estimate of drug-likeness (QED) is 0.733. The van der Waals surface area contributed by atoms with Crippen LogP contribution in [0.4, 0.5) is 5.82 Å². The van der Waals surface area contributed by atoms with Crippen LogP contribution in [0.25, 0.3) is 0 Å². The maximum Gasteiger partial charge on any atom is 0.353 e. The molecule has 0 atom stereocenters. The minimum absolute atomic E-state index is 0.0837. The van der Waals surface area contributed by atoms with E-state index in [1.807, 2.05) is 0 Å². The number of rotatable bonds is 3. The predicted molar refractivity (Wildman–Crippen MR) is 55.6 cm³/mol. The van der Waals surface area contributed by atoms with Gasteiger partial charge in [0.25, 0.3) is 5.91 Å². The van der Waals surface area contributed by atoms with Crippen LogP contribution in [0, 0.1) is 0 Å². The second-order valence-corrected chi connectivity index (χ2v) is 3.68. The third-order valence-corrected chi connectivity index (χ3v) is 2.48. The van der Waals surface area contributed by atoms with Crippen molar-refractivity contribution in [2.24, 2.45) is 0 Å². The molecular formula is C8H6N4O3S. The first-order valence-electron chi connectivity index (χ1n) is 4.15. The van der Waals surface area contributed by atoms with Crippen molar-refractivity contribution in [1.82, 2.24) is 15.2 Å². The van der Waals surface area contributed by atoms with Gasteiger partial charge in [-0.25, -0.2) is 4.79 Å². The van der Waals surface area contributed by atoms with E-state index in [1.54, 1.807) is 0 Å². The summed E-state index contributed by atoms with van der Waals surface area (Å²) >= 11 is 1.19. The van der Waals surface area contributed by atoms with Crippen LogP contribution in [0.3, 0.4) is 0 Å². The SMILES string of the molecule is O=C(O)c1cc(NC(=O)c2cncs2)n[nH]1. The van der Waals surface area contributed by atoms with Gasteiger partial charge in [-0.2, -0.15) is 5.10 Å². The van der Waals surface area contributed by atoms with E-state index in [-0.39, 0.29) is 17.4 Å². The fraction of sp³-hybridized carbons (Fsp3) is 0. The smallest absolute Gasteiger partial charge is 0.353 e. The van der Waals surface area contributed by atoms with Crippen molar-refractivity contribution < 1.29 is 14.7 Å². The largest absolute Gasteiger partial charge is 0.477 e. The van der Waals surface area contributed by atoms with Crippen LogP contribution in [-0.2, 0) is 0 Å². The van der Waals surface area contributed by atoms with E-state index < -0.39 is 5.97 Å². The molecule has 7 nitrogen and oxygen atoms in total. The summed E-state index contributed by atoms with van der Waals surface area (Å²) < 4.78 is 0. The van der Waals surface area contributed by atoms with E-state index in [4.69, 9.17) is 5.11 Å². The van der Waals surface area contributed by atoms with Crippen LogP contribution in [0.15, 0.2) is 17.8 Å². The molecule has 1 amide bonds. The average molecular weight is 238 g/mol. The van der Waals surface area contributed by atoms with Crippen molar-refractivity contribution in [2.45, 2.75) is 0 Å². The van der Waals surface area contributed by atoms with Gasteiger partial charge in [0.15, 0.2) is 5.82 Å². The van der Waals surface area contributed by atoms with E-state index in [9.17, 15) is 9.59 Å². The molecule has 0 bridgehead atoms. The van der Waals surface area contributed by atoms with Gasteiger partial charge in [0, 0.05) is 6.07 Å². The Morgan fingerprint density at radius 2 is 2.31 bits per heavy atom. The summed E-state index contributed by atoms with van der Waals surface area (Å²) in [4.78, 5) is 26.2. The number of H-pyrrole nitrogens is 1. The fourth-order valence-corrected chi connectivity index (χ4v) is 1.52. The van der Waals surface area contributed by atoms with Gasteiger partial charge in [-0.1, -0.05) is 0 Å². The maximum atomic E-state index is 11.5. The van der Waals surface area contributed by atoms with E-state index in [2.05, 4.69) is 20.5 Å². The van der Waals surface area contributed by atoms with Crippen molar-refractivity contribution in [3.63, 3.8) is 0 Å². The van der Waals surface area contributed by atoms with Crippen molar-refractivity contribution in [1.29, 1.82) is 0 Å². The van der Waals surface area contributed by atoms with Gasteiger partial charge in [-0.3, -0.25) is 14.9 Å². The Hall–Kier alpha value is -2.22. The van der Waals surface area contributed by atoms with Gasteiger partial charge in [-0.15, -0.1) is 11.3 Å². The summed E-state index contributed by atoms with van der Waals surface area (Å²) in [7, 11) is 0. The lowest BCUT2D eigenvalue weighted by Crippen LogP contribution is -2.10. The number of carboxylic acid groups (broad SMARTS) is 1. The molecule has 2 aromatic heterocycles. The van der Waals surface area contributed by atoms with Crippen molar-refractivity contribution in [3.8, 4) is 0 Å². The zero-order valence-corrected chi connectivity index (χ0v) is 8.61. The first kappa shape index (κ1) is 10.3. The number of aromatic carboxylic acids is 1. The molecule has 16 heavy (non-hydrogen) atoms. The lowest BCUT2D eigenvalue weighted by Gasteiger charge is -1.96. The van der Waals surface area contributed by atoms with Crippen molar-refractivity contribution in [2.75, 3.05) is 5.32 Å². The zero-order chi connectivity index (χ0) is 11.5. The number of carboxylic acids is 1. The summed E-state index contributed by atoms with van der Waals surface area (Å²) in [5.74, 6) is -1.34. The van der Waals surface area contributed by atoms with E-state index in [0.717, 1.165) is 0 Å². The highest BCUT2D eigenvalue weighted by Crippen LogP contribution is 2.10. The van der Waals surface area contributed by atoms with Gasteiger partial charge in [0.1, 0.15) is 10.6 Å². The highest BCUT2D eigenvalue weighted by Gasteiger charge is 2.12. The molecule has 0 radical (unpaired) electrons. The molecule has 0 saturated heterocycles. The van der Waals surface area contributed by atoms with Crippen LogP contribution < -0.4 is 5.32 Å². The topological polar surface area (TPSA) is 108 Å². The van der Waals surface area contributed by atoms with Crippen molar-refractivity contribution in [3.05, 3.63) is 28.3 Å². The molecule has 82 valence electrons. The van der Waals surface area contributed by atoms with Gasteiger partial charge in [0.2, 0.25) is 0 Å². The Labute approximate surface area is 93.1 Å². The lowest BCUT2D eigenvalue weighted by molar-refractivity contribution is 0.0690. The van der Waals surface area contributed by atoms with Crippen LogP contribution in [0.1, 0.15) is 20.2 Å². The van der Waals surface area contributed by atoms with E-state index in [0.29, 0.717) is 4.88 Å². The molecule has 0 aliphatic carbocycles. The fourth-order valence-electron chi connectivity index (χ4n) is 1.00. The molecule has 0 aliphatic heterocycles. The number of carbonyl (C=O) groups is 2. The molecule has 2 rings (SSSR count). The molecular weight excluding hydrogens is 232 g/mol. The minimum atomic E-state index is -1.13. The molecule has 0 fully saturated rings. The molecule has 0 aliphatic rings. The number of hydrogen-bond acceptors (Lipinski definition) is 5. The van der Waals surface area contributed by atoms with Crippen LogP contribution in [0.5, 0.6) is 0 Å². The molecule has 0 saturated carbocycles. The lowest BCUT2D eigenvalue weighted by atomic mass is 10.4. The average Bonchev–Trinajstić information content (AvgIpc) is 2.87. The second-order valence-electron chi connectivity index (χ2n) is 2.79. The molecule has 8 heteroatoms. The van der Waals surface area contributed by atoms with Gasteiger partial charge in [-0.05, 0) is 0 Å². The Balaban J connectivity index is 2.09. The molecule has 0 spiro atoms. The number of anilines is 1. The van der Waals surface area contributed by atoms with E-state index in [1.165, 1.54) is 29.1 Å². The summed E-state index contributed by atoms with van der Waals surface area (Å²) in [6.45, 7) is 0. The third kappa shape index (κ3) is 2.06. The second kappa shape index (κ2) is 4.11. The standard InChI is InChI=1S/C8H6N4O3S/c13-7(5-2-9-3-16-5)10-6-1-4(8(14)15)11-12-6/h1-3H,(H,14,15)(H2,10,11,12,13). The van der Waals surface area contributed by atoms with Gasteiger partial charge < -0.3 is 10.4 Å². The molecule has 3 N–H and O–H groups in total. The van der Waals surface area contributed by atoms with Crippen LogP contribution in [0.2, 0.25) is 0 Å². The first-order valence-corrected chi connectivity index (χ1v) is 5.03. The number of thiazole rings is 1.